The number of carbonyl (C=O) groups is 2. The molecule has 4 saturated carbocycles. The van der Waals surface area contributed by atoms with Gasteiger partial charge in [0.25, 0.3) is 0 Å². The smallest absolute Gasteiger partial charge is 0.407 e. The quantitative estimate of drug-likeness (QED) is 0.593. The molecule has 34 heavy (non-hydrogen) atoms. The minimum absolute atomic E-state index is 0.0171. The Morgan fingerprint density at radius 1 is 1.12 bits per heavy atom. The van der Waals surface area contributed by atoms with Crippen LogP contribution in [-0.4, -0.2) is 37.8 Å². The molecule has 4 fully saturated rings. The van der Waals surface area contributed by atoms with Crippen LogP contribution in [0.4, 0.5) is 9.18 Å². The molecule has 0 radical (unpaired) electrons. The van der Waals surface area contributed by atoms with Gasteiger partial charge in [0, 0.05) is 25.1 Å². The molecule has 2 unspecified atom stereocenters. The van der Waals surface area contributed by atoms with E-state index in [1.54, 1.807) is 27.8 Å². The predicted octanol–water partition coefficient (Wildman–Crippen LogP) is 4.88. The Morgan fingerprint density at radius 2 is 1.76 bits per heavy atom. The van der Waals surface area contributed by atoms with Gasteiger partial charge in [0.1, 0.15) is 18.0 Å². The molecule has 2 N–H and O–H groups in total. The largest absolute Gasteiger partial charge is 0.489 e. The zero-order valence-corrected chi connectivity index (χ0v) is 20.7. The van der Waals surface area contributed by atoms with Crippen molar-refractivity contribution in [3.8, 4) is 5.75 Å². The first-order valence-corrected chi connectivity index (χ1v) is 12.3. The van der Waals surface area contributed by atoms with Gasteiger partial charge < -0.3 is 20.1 Å². The average Bonchev–Trinajstić information content (AvgIpc) is 2.77. The van der Waals surface area contributed by atoms with Crippen molar-refractivity contribution in [2.24, 2.45) is 23.7 Å². The number of halogens is 1. The Hall–Kier alpha value is -2.57. The first-order chi connectivity index (χ1) is 16.1. The number of hydrogen-bond donors (Lipinski definition) is 2. The lowest BCUT2D eigenvalue weighted by molar-refractivity contribution is -0.139. The van der Waals surface area contributed by atoms with Gasteiger partial charge in [-0.25, -0.2) is 9.18 Å². The maximum absolute atomic E-state index is 13.3. The zero-order valence-electron chi connectivity index (χ0n) is 20.7. The molecule has 0 aliphatic heterocycles. The van der Waals surface area contributed by atoms with E-state index in [4.69, 9.17) is 9.47 Å². The van der Waals surface area contributed by atoms with E-state index in [9.17, 15) is 14.0 Å². The number of ether oxygens (including phenoxy) is 2. The minimum Gasteiger partial charge on any atom is -0.489 e. The normalized spacial score (nSPS) is 30.1. The minimum atomic E-state index is -0.609. The molecule has 0 spiro atoms. The van der Waals surface area contributed by atoms with Crippen LogP contribution in [0.2, 0.25) is 0 Å². The SMILES string of the molecule is CNC(=O)[C@H]1C2CC3CC1C[C@](c1ccc(OC/C(=C/F)CNC(=O)OC(C)(C)C)cc1)(C3)C2. The summed E-state index contributed by atoms with van der Waals surface area (Å²) in [5, 5.41) is 5.44. The highest BCUT2D eigenvalue weighted by atomic mass is 19.1. The molecule has 2 amide bonds. The van der Waals surface area contributed by atoms with E-state index in [1.165, 1.54) is 24.8 Å². The van der Waals surface area contributed by atoms with Gasteiger partial charge >= 0.3 is 6.09 Å². The van der Waals surface area contributed by atoms with Gasteiger partial charge in [-0.2, -0.15) is 0 Å². The molecular weight excluding hydrogens is 435 g/mol. The van der Waals surface area contributed by atoms with Crippen LogP contribution < -0.4 is 15.4 Å². The Bertz CT molecular complexity index is 921. The van der Waals surface area contributed by atoms with Crippen molar-refractivity contribution in [3.05, 3.63) is 41.7 Å². The topological polar surface area (TPSA) is 76.7 Å². The number of rotatable bonds is 7. The van der Waals surface area contributed by atoms with Crippen molar-refractivity contribution in [1.29, 1.82) is 0 Å². The van der Waals surface area contributed by atoms with E-state index in [-0.39, 0.29) is 30.4 Å². The highest BCUT2D eigenvalue weighted by Gasteiger charge is 2.57. The second kappa shape index (κ2) is 9.59. The maximum Gasteiger partial charge on any atom is 0.407 e. The van der Waals surface area contributed by atoms with Gasteiger partial charge in [-0.1, -0.05) is 12.1 Å². The summed E-state index contributed by atoms with van der Waals surface area (Å²) in [6, 6.07) is 8.16. The van der Waals surface area contributed by atoms with Crippen LogP contribution in [0.5, 0.6) is 5.75 Å². The van der Waals surface area contributed by atoms with Crippen LogP contribution in [-0.2, 0) is 14.9 Å². The summed E-state index contributed by atoms with van der Waals surface area (Å²) in [6.45, 7) is 5.37. The summed E-state index contributed by atoms with van der Waals surface area (Å²) in [7, 11) is 1.75. The summed E-state index contributed by atoms with van der Waals surface area (Å²) in [6.07, 6.45) is 5.56. The van der Waals surface area contributed by atoms with Crippen LogP contribution in [0, 0.1) is 23.7 Å². The predicted molar refractivity (Wildman–Crippen MR) is 128 cm³/mol. The molecule has 1 aromatic carbocycles. The van der Waals surface area contributed by atoms with E-state index in [0.29, 0.717) is 35.4 Å². The molecule has 0 aromatic heterocycles. The van der Waals surface area contributed by atoms with E-state index >= 15 is 0 Å². The number of hydrogen-bond acceptors (Lipinski definition) is 4. The molecule has 1 aromatic rings. The molecule has 4 aliphatic carbocycles. The van der Waals surface area contributed by atoms with Gasteiger partial charge in [0.2, 0.25) is 5.91 Å². The van der Waals surface area contributed by atoms with E-state index in [1.807, 2.05) is 12.1 Å². The summed E-state index contributed by atoms with van der Waals surface area (Å²) in [5.41, 5.74) is 1.18. The number of alkyl carbamates (subject to hydrolysis) is 1. The maximum atomic E-state index is 13.3. The molecule has 6 nitrogen and oxygen atoms in total. The van der Waals surface area contributed by atoms with Crippen LogP contribution in [0.25, 0.3) is 0 Å². The van der Waals surface area contributed by atoms with Crippen molar-refractivity contribution in [2.45, 2.75) is 63.9 Å². The Kier molecular flexibility index (Phi) is 6.92. The average molecular weight is 473 g/mol. The van der Waals surface area contributed by atoms with Crippen molar-refractivity contribution in [1.82, 2.24) is 10.6 Å². The van der Waals surface area contributed by atoms with Crippen molar-refractivity contribution >= 4 is 12.0 Å². The standard InChI is InChI=1S/C27H37FN2O4/c1-26(2,3)34-25(32)30-15-18(14-28)16-33-22-7-5-21(6-8-22)27-11-17-9-19(12-27)23(24(31)29-4)20(10-17)13-27/h5-8,14,17,19-20,23H,9-13,15-16H2,1-4H3,(H,29,31)(H,30,32)/b18-14+/t17?,19?,20?,23-,27-. The van der Waals surface area contributed by atoms with Crippen LogP contribution in [0.3, 0.4) is 0 Å². The molecule has 0 heterocycles. The first kappa shape index (κ1) is 24.6. The third kappa shape index (κ3) is 5.23. The molecule has 0 saturated heterocycles. The fourth-order valence-electron chi connectivity index (χ4n) is 6.67. The number of benzene rings is 1. The fraction of sp³-hybridized carbons (Fsp3) is 0.630. The van der Waals surface area contributed by atoms with Crippen LogP contribution in [0.15, 0.2) is 36.2 Å². The fourth-order valence-corrected chi connectivity index (χ4v) is 6.67. The Labute approximate surface area is 201 Å². The van der Waals surface area contributed by atoms with E-state index in [0.717, 1.165) is 12.8 Å². The third-order valence-corrected chi connectivity index (χ3v) is 7.73. The lowest BCUT2D eigenvalue weighted by Gasteiger charge is -2.59. The highest BCUT2D eigenvalue weighted by molar-refractivity contribution is 5.79. The van der Waals surface area contributed by atoms with Gasteiger partial charge in [-0.15, -0.1) is 0 Å². The Morgan fingerprint density at radius 3 is 2.32 bits per heavy atom. The van der Waals surface area contributed by atoms with Gasteiger partial charge in [-0.3, -0.25) is 4.79 Å². The van der Waals surface area contributed by atoms with Crippen molar-refractivity contribution < 1.29 is 23.5 Å². The summed E-state index contributed by atoms with van der Waals surface area (Å²) in [5.74, 6) is 2.69. The lowest BCUT2D eigenvalue weighted by Crippen LogP contribution is -2.56. The summed E-state index contributed by atoms with van der Waals surface area (Å²) < 4.78 is 24.2. The molecule has 4 aliphatic rings. The molecule has 7 heteroatoms. The van der Waals surface area contributed by atoms with Crippen molar-refractivity contribution in [3.63, 3.8) is 0 Å². The molecule has 4 bridgehead atoms. The van der Waals surface area contributed by atoms with Crippen molar-refractivity contribution in [2.75, 3.05) is 20.2 Å². The zero-order chi connectivity index (χ0) is 24.5. The monoisotopic (exact) mass is 472 g/mol. The summed E-state index contributed by atoms with van der Waals surface area (Å²) >= 11 is 0. The Balaban J connectivity index is 1.34. The highest BCUT2D eigenvalue weighted by Crippen LogP contribution is 2.62. The van der Waals surface area contributed by atoms with Gasteiger partial charge in [0.15, 0.2) is 0 Å². The van der Waals surface area contributed by atoms with Gasteiger partial charge in [-0.05, 0) is 93.7 Å². The molecular formula is C27H37FN2O4. The second-order valence-electron chi connectivity index (χ2n) is 11.3. The van der Waals surface area contributed by atoms with E-state index in [2.05, 4.69) is 22.8 Å². The molecule has 186 valence electrons. The van der Waals surface area contributed by atoms with Gasteiger partial charge in [0.05, 0.1) is 6.33 Å². The number of carbonyl (C=O) groups excluding carboxylic acids is 2. The number of nitrogens with one attached hydrogen (secondary N) is 2. The molecule has 2 atom stereocenters. The first-order valence-electron chi connectivity index (χ1n) is 12.3. The number of amides is 2. The summed E-state index contributed by atoms with van der Waals surface area (Å²) in [4.78, 5) is 24.3. The second-order valence-corrected chi connectivity index (χ2v) is 11.3. The van der Waals surface area contributed by atoms with Crippen LogP contribution >= 0.6 is 0 Å². The molecule has 5 rings (SSSR count). The third-order valence-electron chi connectivity index (χ3n) is 7.73. The lowest BCUT2D eigenvalue weighted by atomic mass is 9.44. The van der Waals surface area contributed by atoms with E-state index < -0.39 is 11.7 Å². The van der Waals surface area contributed by atoms with Crippen LogP contribution in [0.1, 0.15) is 58.4 Å².